The first-order valence-corrected chi connectivity index (χ1v) is 6.45. The molecule has 0 amide bonds. The van der Waals surface area contributed by atoms with Gasteiger partial charge in [0.05, 0.1) is 20.6 Å². The molecule has 5 nitrogen and oxygen atoms in total. The van der Waals surface area contributed by atoms with E-state index < -0.39 is 0 Å². The Balaban J connectivity index is 2.28. The fourth-order valence-electron chi connectivity index (χ4n) is 1.88. The van der Waals surface area contributed by atoms with Crippen molar-refractivity contribution < 1.29 is 19.1 Å². The van der Waals surface area contributed by atoms with E-state index in [0.29, 0.717) is 12.8 Å². The molecule has 0 spiro atoms. The number of esters is 2. The second kappa shape index (κ2) is 8.34. The standard InChI is InChI=1S/C14H21NO4/c1-18-13(16)8-4-3-5-9-15-10-6-7-12(15)11-14(17)19-2/h6-7,10H,3-5,8-9,11H2,1-2H3. The van der Waals surface area contributed by atoms with E-state index in [2.05, 4.69) is 14.0 Å². The third-order valence-corrected chi connectivity index (χ3v) is 2.98. The second-order valence-corrected chi connectivity index (χ2v) is 4.33. The lowest BCUT2D eigenvalue weighted by Crippen LogP contribution is -2.10. The number of unbranched alkanes of at least 4 members (excludes halogenated alkanes) is 2. The Hall–Kier alpha value is -1.78. The van der Waals surface area contributed by atoms with Gasteiger partial charge in [0.25, 0.3) is 0 Å². The Morgan fingerprint density at radius 1 is 1.11 bits per heavy atom. The van der Waals surface area contributed by atoms with E-state index in [9.17, 15) is 9.59 Å². The summed E-state index contributed by atoms with van der Waals surface area (Å²) in [5, 5.41) is 0. The van der Waals surface area contributed by atoms with Crippen LogP contribution in [0.25, 0.3) is 0 Å². The smallest absolute Gasteiger partial charge is 0.311 e. The molecule has 1 rings (SSSR count). The molecule has 106 valence electrons. The summed E-state index contributed by atoms with van der Waals surface area (Å²) in [6, 6.07) is 3.85. The molecule has 5 heteroatoms. The van der Waals surface area contributed by atoms with Crippen LogP contribution in [0.3, 0.4) is 0 Å². The topological polar surface area (TPSA) is 57.5 Å². The minimum Gasteiger partial charge on any atom is -0.469 e. The summed E-state index contributed by atoms with van der Waals surface area (Å²) in [7, 11) is 2.80. The van der Waals surface area contributed by atoms with Crippen LogP contribution in [0, 0.1) is 0 Å². The Bertz CT molecular complexity index is 411. The predicted molar refractivity (Wildman–Crippen MR) is 70.6 cm³/mol. The fourth-order valence-corrected chi connectivity index (χ4v) is 1.88. The Morgan fingerprint density at radius 2 is 1.84 bits per heavy atom. The highest BCUT2D eigenvalue weighted by molar-refractivity contribution is 5.71. The maximum absolute atomic E-state index is 11.2. The zero-order valence-corrected chi connectivity index (χ0v) is 11.6. The molecule has 0 atom stereocenters. The molecule has 0 aliphatic heterocycles. The normalized spacial score (nSPS) is 10.2. The average molecular weight is 267 g/mol. The van der Waals surface area contributed by atoms with Crippen LogP contribution in [-0.2, 0) is 32.0 Å². The zero-order valence-electron chi connectivity index (χ0n) is 11.6. The Kier molecular flexibility index (Phi) is 6.71. The van der Waals surface area contributed by atoms with Gasteiger partial charge in [-0.1, -0.05) is 6.42 Å². The van der Waals surface area contributed by atoms with E-state index >= 15 is 0 Å². The molecule has 1 aromatic heterocycles. The zero-order chi connectivity index (χ0) is 14.1. The molecule has 0 aliphatic carbocycles. The lowest BCUT2D eigenvalue weighted by Gasteiger charge is -2.08. The fraction of sp³-hybridized carbons (Fsp3) is 0.571. The van der Waals surface area contributed by atoms with Crippen LogP contribution in [0.4, 0.5) is 0 Å². The number of carbonyl (C=O) groups excluding carboxylic acids is 2. The van der Waals surface area contributed by atoms with Crippen LogP contribution < -0.4 is 0 Å². The van der Waals surface area contributed by atoms with Crippen LogP contribution >= 0.6 is 0 Å². The van der Waals surface area contributed by atoms with E-state index in [4.69, 9.17) is 0 Å². The van der Waals surface area contributed by atoms with Crippen LogP contribution in [0.2, 0.25) is 0 Å². The molecule has 0 aliphatic rings. The maximum atomic E-state index is 11.2. The number of hydrogen-bond acceptors (Lipinski definition) is 4. The van der Waals surface area contributed by atoms with Crippen molar-refractivity contribution in [1.29, 1.82) is 0 Å². The van der Waals surface area contributed by atoms with Gasteiger partial charge in [-0.15, -0.1) is 0 Å². The third-order valence-electron chi connectivity index (χ3n) is 2.98. The van der Waals surface area contributed by atoms with Gasteiger partial charge in [0.1, 0.15) is 0 Å². The van der Waals surface area contributed by atoms with Crippen LogP contribution in [-0.4, -0.2) is 30.7 Å². The summed E-state index contributed by atoms with van der Waals surface area (Å²) in [5.74, 6) is -0.391. The van der Waals surface area contributed by atoms with Gasteiger partial charge in [-0.05, 0) is 25.0 Å². The van der Waals surface area contributed by atoms with Gasteiger partial charge in [0, 0.05) is 24.9 Å². The largest absolute Gasteiger partial charge is 0.469 e. The molecule has 1 aromatic rings. The van der Waals surface area contributed by atoms with Gasteiger partial charge in [-0.3, -0.25) is 9.59 Å². The molecule has 0 N–H and O–H groups in total. The molecule has 0 unspecified atom stereocenters. The summed E-state index contributed by atoms with van der Waals surface area (Å²) < 4.78 is 11.3. The van der Waals surface area contributed by atoms with Crippen molar-refractivity contribution in [2.75, 3.05) is 14.2 Å². The number of nitrogens with zero attached hydrogens (tertiary/aromatic N) is 1. The molecule has 0 saturated heterocycles. The van der Waals surface area contributed by atoms with Crippen molar-refractivity contribution in [3.63, 3.8) is 0 Å². The van der Waals surface area contributed by atoms with E-state index in [1.165, 1.54) is 14.2 Å². The van der Waals surface area contributed by atoms with Crippen molar-refractivity contribution in [2.45, 2.75) is 38.6 Å². The molecular weight excluding hydrogens is 246 g/mol. The van der Waals surface area contributed by atoms with Crippen molar-refractivity contribution in [3.8, 4) is 0 Å². The quantitative estimate of drug-likeness (QED) is 0.533. The first kappa shape index (κ1) is 15.3. The summed E-state index contributed by atoms with van der Waals surface area (Å²) in [6.45, 7) is 0.848. The van der Waals surface area contributed by atoms with Crippen molar-refractivity contribution in [3.05, 3.63) is 24.0 Å². The van der Waals surface area contributed by atoms with Gasteiger partial charge in [0.2, 0.25) is 0 Å². The molecule has 0 aromatic carbocycles. The molecular formula is C14H21NO4. The SMILES string of the molecule is COC(=O)CCCCCn1cccc1CC(=O)OC. The number of aromatic nitrogens is 1. The summed E-state index contributed by atoms with van der Waals surface area (Å²) >= 11 is 0. The van der Waals surface area contributed by atoms with Gasteiger partial charge in [-0.25, -0.2) is 0 Å². The predicted octanol–water partition coefficient (Wildman–Crippen LogP) is 1.94. The average Bonchev–Trinajstić information content (AvgIpc) is 2.85. The second-order valence-electron chi connectivity index (χ2n) is 4.33. The minimum absolute atomic E-state index is 0.160. The Labute approximate surface area is 113 Å². The number of ether oxygens (including phenoxy) is 2. The van der Waals surface area contributed by atoms with Crippen molar-refractivity contribution >= 4 is 11.9 Å². The van der Waals surface area contributed by atoms with Crippen LogP contribution in [0.1, 0.15) is 31.4 Å². The first-order valence-electron chi connectivity index (χ1n) is 6.45. The highest BCUT2D eigenvalue weighted by atomic mass is 16.5. The van der Waals surface area contributed by atoms with Crippen LogP contribution in [0.5, 0.6) is 0 Å². The Morgan fingerprint density at radius 3 is 2.53 bits per heavy atom. The lowest BCUT2D eigenvalue weighted by atomic mass is 10.2. The minimum atomic E-state index is -0.231. The van der Waals surface area contributed by atoms with Crippen molar-refractivity contribution in [2.24, 2.45) is 0 Å². The van der Waals surface area contributed by atoms with Crippen LogP contribution in [0.15, 0.2) is 18.3 Å². The van der Waals surface area contributed by atoms with E-state index in [1.807, 2.05) is 18.3 Å². The number of methoxy groups -OCH3 is 2. The van der Waals surface area contributed by atoms with E-state index in [0.717, 1.165) is 31.5 Å². The molecule has 1 heterocycles. The summed E-state index contributed by atoms with van der Waals surface area (Å²) in [6.07, 6.45) is 5.49. The third kappa shape index (κ3) is 5.59. The number of rotatable bonds is 8. The number of hydrogen-bond donors (Lipinski definition) is 0. The number of carbonyl (C=O) groups is 2. The highest BCUT2D eigenvalue weighted by Gasteiger charge is 2.07. The van der Waals surface area contributed by atoms with Crippen molar-refractivity contribution in [1.82, 2.24) is 4.57 Å². The number of aryl methyl sites for hydroxylation is 1. The van der Waals surface area contributed by atoms with E-state index in [1.54, 1.807) is 0 Å². The summed E-state index contributed by atoms with van der Waals surface area (Å²) in [4.78, 5) is 22.2. The van der Waals surface area contributed by atoms with Gasteiger partial charge < -0.3 is 14.0 Å². The molecule has 0 radical (unpaired) electrons. The van der Waals surface area contributed by atoms with Gasteiger partial charge in [0.15, 0.2) is 0 Å². The monoisotopic (exact) mass is 267 g/mol. The van der Waals surface area contributed by atoms with Gasteiger partial charge >= 0.3 is 11.9 Å². The lowest BCUT2D eigenvalue weighted by molar-refractivity contribution is -0.141. The van der Waals surface area contributed by atoms with E-state index in [-0.39, 0.29) is 11.9 Å². The first-order chi connectivity index (χ1) is 9.17. The summed E-state index contributed by atoms with van der Waals surface area (Å²) in [5.41, 5.74) is 0.958. The molecule has 0 saturated carbocycles. The van der Waals surface area contributed by atoms with Gasteiger partial charge in [-0.2, -0.15) is 0 Å². The highest BCUT2D eigenvalue weighted by Crippen LogP contribution is 2.08. The molecule has 19 heavy (non-hydrogen) atoms. The molecule has 0 fully saturated rings. The molecule has 0 bridgehead atoms. The maximum Gasteiger partial charge on any atom is 0.311 e.